The highest BCUT2D eigenvalue weighted by atomic mass is 31.2. The molecule has 0 aromatic carbocycles. The fourth-order valence-electron chi connectivity index (χ4n) is 8.53. The Morgan fingerprint density at radius 3 is 2.60 bits per heavy atom. The first-order valence-corrected chi connectivity index (χ1v) is 16.8. The van der Waals surface area contributed by atoms with Crippen molar-refractivity contribution in [2.75, 3.05) is 13.5 Å². The topological polar surface area (TPSA) is 97.8 Å². The molecule has 4 aliphatic carbocycles. The van der Waals surface area contributed by atoms with Crippen LogP contribution >= 0.6 is 7.52 Å². The summed E-state index contributed by atoms with van der Waals surface area (Å²) in [7, 11) is -2.09. The third kappa shape index (κ3) is 4.95. The fourth-order valence-corrected chi connectivity index (χ4v) is 10.8. The number of hydrogen-bond acceptors (Lipinski definition) is 5. The maximum Gasteiger partial charge on any atom is 0.324 e. The van der Waals surface area contributed by atoms with Crippen LogP contribution in [0.2, 0.25) is 0 Å². The number of pyridine rings is 1. The normalized spacial score (nSPS) is 36.4. The zero-order chi connectivity index (χ0) is 28.9. The number of allylic oxidation sites excluding steroid dienone is 3. The second-order valence-electron chi connectivity index (χ2n) is 13.6. The summed E-state index contributed by atoms with van der Waals surface area (Å²) in [6.07, 6.45) is 15.6. The number of aromatic nitrogens is 1. The van der Waals surface area contributed by atoms with Crippen molar-refractivity contribution in [1.29, 1.82) is 0 Å². The van der Waals surface area contributed by atoms with Crippen molar-refractivity contribution in [2.24, 2.45) is 34.5 Å². The van der Waals surface area contributed by atoms with Crippen LogP contribution in [0.1, 0.15) is 85.1 Å². The molecule has 2 fully saturated rings. The average Bonchev–Trinajstić information content (AvgIpc) is 3.26. The third-order valence-electron chi connectivity index (χ3n) is 11.2. The molecule has 2 saturated carbocycles. The largest absolute Gasteiger partial charge is 0.480 e. The van der Waals surface area contributed by atoms with E-state index in [4.69, 9.17) is 9.26 Å². The van der Waals surface area contributed by atoms with E-state index in [0.29, 0.717) is 17.8 Å². The highest BCUT2D eigenvalue weighted by molar-refractivity contribution is 7.56. The Balaban J connectivity index is 1.33. The lowest BCUT2D eigenvalue weighted by Gasteiger charge is -2.58. The molecule has 0 radical (unpaired) electrons. The Morgan fingerprint density at radius 1 is 1.20 bits per heavy atom. The summed E-state index contributed by atoms with van der Waals surface area (Å²) >= 11 is 0. The number of aliphatic carboxylic acids is 1. The van der Waals surface area contributed by atoms with Gasteiger partial charge in [-0.1, -0.05) is 51.5 Å². The number of rotatable bonds is 9. The predicted molar refractivity (Wildman–Crippen MR) is 158 cm³/mol. The Morgan fingerprint density at radius 2 is 1.95 bits per heavy atom. The summed E-state index contributed by atoms with van der Waals surface area (Å²) in [4.78, 5) is 16.5. The number of carboxylic acids is 1. The monoisotopic (exact) mass is 570 g/mol. The van der Waals surface area contributed by atoms with E-state index in [1.165, 1.54) is 36.7 Å². The molecule has 220 valence electrons. The van der Waals surface area contributed by atoms with Crippen LogP contribution in [0.25, 0.3) is 5.57 Å². The number of fused-ring (bicyclic) bond motifs is 5. The molecule has 40 heavy (non-hydrogen) atoms. The van der Waals surface area contributed by atoms with Crippen molar-refractivity contribution in [1.82, 2.24) is 10.1 Å². The van der Waals surface area contributed by atoms with E-state index >= 15 is 0 Å². The second-order valence-corrected chi connectivity index (χ2v) is 15.7. The molecule has 8 heteroatoms. The molecule has 1 aromatic rings. The summed E-state index contributed by atoms with van der Waals surface area (Å²) in [5, 5.41) is 12.8. The highest BCUT2D eigenvalue weighted by Crippen LogP contribution is 2.66. The van der Waals surface area contributed by atoms with Crippen LogP contribution in [0, 0.1) is 34.5 Å². The van der Waals surface area contributed by atoms with Crippen molar-refractivity contribution >= 4 is 19.1 Å². The number of ether oxygens (including phenoxy) is 1. The number of carboxylic acid groups (broad SMARTS) is 1. The molecular weight excluding hydrogens is 523 g/mol. The third-order valence-corrected chi connectivity index (χ3v) is 13.3. The van der Waals surface area contributed by atoms with Gasteiger partial charge >= 0.3 is 5.97 Å². The van der Waals surface area contributed by atoms with Crippen LogP contribution < -0.4 is 5.09 Å². The van der Waals surface area contributed by atoms with Gasteiger partial charge in [0.1, 0.15) is 11.9 Å². The number of nitrogens with zero attached hydrogens (tertiary/aromatic N) is 1. The van der Waals surface area contributed by atoms with Crippen LogP contribution in [0.4, 0.5) is 0 Å². The van der Waals surface area contributed by atoms with Crippen LogP contribution in [0.3, 0.4) is 0 Å². The average molecular weight is 571 g/mol. The number of carbonyl (C=O) groups is 1. The predicted octanol–water partition coefficient (Wildman–Crippen LogP) is 7.31. The standard InChI is InChI=1S/C32H47N2O5P/c1-21(2)32(5,29(35)36)34-40(37,20-38-6)39-24-13-15-30(3)23(18-24)9-10-25-27-12-11-26(22-8-7-17-33-19-22)31(27,4)16-14-28(25)30/h7-9,11,17,19,21,24-25,27-28H,10,12-16,18,20H2,1-6H3,(H,34,37)(H,35,36)/t24-,25-,27-,28-,30-,31+,32?,40?/m0/s1. The van der Waals surface area contributed by atoms with E-state index in [1.807, 2.05) is 32.3 Å². The smallest absolute Gasteiger partial charge is 0.324 e. The van der Waals surface area contributed by atoms with Gasteiger partial charge in [-0.3, -0.25) is 14.3 Å². The number of hydrogen-bond donors (Lipinski definition) is 2. The molecule has 0 saturated heterocycles. The molecule has 2 unspecified atom stereocenters. The summed E-state index contributed by atoms with van der Waals surface area (Å²) in [5.41, 5.74) is 3.11. The van der Waals surface area contributed by atoms with Gasteiger partial charge in [0.25, 0.3) is 7.52 Å². The number of nitrogens with one attached hydrogen (secondary N) is 1. The molecule has 8 atom stereocenters. The molecular formula is C32H47N2O5P. The molecule has 0 spiro atoms. The number of methoxy groups -OCH3 is 1. The SMILES string of the molecule is COCP(=O)(NC(C)(C(=O)O)C(C)C)O[C@H]1CC[C@@]2(C)C(=CC[C@@H]3[C@@H]2CC[C@]2(C)C(c4cccnc4)=CC[C@@H]32)C1. The summed E-state index contributed by atoms with van der Waals surface area (Å²) in [5.74, 6) is 0.595. The molecule has 2 N–H and O–H groups in total. The fraction of sp³-hybridized carbons (Fsp3) is 0.688. The molecule has 7 nitrogen and oxygen atoms in total. The van der Waals surface area contributed by atoms with E-state index in [0.717, 1.165) is 32.1 Å². The zero-order valence-corrected chi connectivity index (χ0v) is 25.9. The summed E-state index contributed by atoms with van der Waals surface area (Å²) in [6.45, 7) is 10.1. The van der Waals surface area contributed by atoms with Crippen molar-refractivity contribution in [2.45, 2.75) is 91.2 Å². The Kier molecular flexibility index (Phi) is 8.02. The summed E-state index contributed by atoms with van der Waals surface area (Å²) < 4.78 is 25.5. The first-order valence-electron chi connectivity index (χ1n) is 15.0. The van der Waals surface area contributed by atoms with Crippen LogP contribution in [-0.2, 0) is 18.6 Å². The molecule has 5 rings (SSSR count). The Hall–Kier alpha value is -1.79. The molecule has 0 bridgehead atoms. The lowest BCUT2D eigenvalue weighted by molar-refractivity contribution is -0.145. The van der Waals surface area contributed by atoms with Crippen molar-refractivity contribution in [3.8, 4) is 0 Å². The van der Waals surface area contributed by atoms with Crippen molar-refractivity contribution in [3.05, 3.63) is 47.8 Å². The molecule has 0 amide bonds. The lowest BCUT2D eigenvalue weighted by Crippen LogP contribution is -2.53. The first-order chi connectivity index (χ1) is 18.9. The van der Waals surface area contributed by atoms with Crippen LogP contribution in [0.15, 0.2) is 42.3 Å². The van der Waals surface area contributed by atoms with E-state index < -0.39 is 19.0 Å². The molecule has 1 aromatic heterocycles. The van der Waals surface area contributed by atoms with Crippen LogP contribution in [-0.4, -0.2) is 41.2 Å². The molecule has 1 heterocycles. The maximum atomic E-state index is 13.9. The van der Waals surface area contributed by atoms with Crippen LogP contribution in [0.5, 0.6) is 0 Å². The van der Waals surface area contributed by atoms with Gasteiger partial charge in [0, 0.05) is 19.5 Å². The van der Waals surface area contributed by atoms with Gasteiger partial charge in [-0.15, -0.1) is 0 Å². The van der Waals surface area contributed by atoms with Gasteiger partial charge in [0.2, 0.25) is 0 Å². The zero-order valence-electron chi connectivity index (χ0n) is 25.0. The summed E-state index contributed by atoms with van der Waals surface area (Å²) in [6, 6.07) is 4.25. The maximum absolute atomic E-state index is 13.9. The van der Waals surface area contributed by atoms with Gasteiger partial charge in [0.15, 0.2) is 0 Å². The quantitative estimate of drug-likeness (QED) is 0.237. The van der Waals surface area contributed by atoms with Crippen molar-refractivity contribution < 1.29 is 23.7 Å². The molecule has 4 aliphatic rings. The Bertz CT molecular complexity index is 1230. The minimum Gasteiger partial charge on any atom is -0.480 e. The first kappa shape index (κ1) is 29.7. The van der Waals surface area contributed by atoms with E-state index in [2.05, 4.69) is 42.1 Å². The minimum atomic E-state index is -3.57. The van der Waals surface area contributed by atoms with Crippen molar-refractivity contribution in [3.63, 3.8) is 0 Å². The van der Waals surface area contributed by atoms with Gasteiger partial charge in [0.05, 0.1) is 6.10 Å². The van der Waals surface area contributed by atoms with Gasteiger partial charge in [-0.25, -0.2) is 5.09 Å². The van der Waals surface area contributed by atoms with E-state index in [-0.39, 0.29) is 29.2 Å². The Labute approximate surface area is 239 Å². The highest BCUT2D eigenvalue weighted by Gasteiger charge is 2.57. The lowest BCUT2D eigenvalue weighted by atomic mass is 9.47. The van der Waals surface area contributed by atoms with Gasteiger partial charge in [-0.2, -0.15) is 0 Å². The van der Waals surface area contributed by atoms with Gasteiger partial charge in [-0.05, 0) is 104 Å². The second kappa shape index (κ2) is 10.8. The van der Waals surface area contributed by atoms with Gasteiger partial charge < -0.3 is 14.4 Å². The van der Waals surface area contributed by atoms with E-state index in [1.54, 1.807) is 6.92 Å². The minimum absolute atomic E-state index is 0.118. The molecule has 0 aliphatic heterocycles. The van der Waals surface area contributed by atoms with E-state index in [9.17, 15) is 14.5 Å².